The molecule has 5 rings (SSSR count). The van der Waals surface area contributed by atoms with Gasteiger partial charge in [0.05, 0.1) is 35.4 Å². The van der Waals surface area contributed by atoms with Crippen LogP contribution in [0.15, 0.2) is 79.1 Å². The Morgan fingerprint density at radius 3 is 2.63 bits per heavy atom. The second-order valence-electron chi connectivity index (χ2n) is 9.05. The molecule has 9 heteroatoms. The van der Waals surface area contributed by atoms with Crippen LogP contribution < -0.4 is 10.1 Å². The van der Waals surface area contributed by atoms with Crippen molar-refractivity contribution >= 4 is 16.9 Å². The molecule has 0 saturated heterocycles. The van der Waals surface area contributed by atoms with Crippen LogP contribution in [0.4, 0.5) is 0 Å². The van der Waals surface area contributed by atoms with Gasteiger partial charge in [0.1, 0.15) is 11.6 Å². The van der Waals surface area contributed by atoms with Gasteiger partial charge in [-0.25, -0.2) is 9.97 Å². The Hall–Kier alpha value is -4.76. The van der Waals surface area contributed by atoms with E-state index in [9.17, 15) is 9.90 Å². The third-order valence-electron chi connectivity index (χ3n) is 6.38. The second kappa shape index (κ2) is 10.7. The van der Waals surface area contributed by atoms with E-state index in [1.807, 2.05) is 55.4 Å². The summed E-state index contributed by atoms with van der Waals surface area (Å²) in [7, 11) is 5.48. The van der Waals surface area contributed by atoms with E-state index in [2.05, 4.69) is 25.3 Å². The van der Waals surface area contributed by atoms with Gasteiger partial charge < -0.3 is 20.1 Å². The summed E-state index contributed by atoms with van der Waals surface area (Å²) in [5.41, 5.74) is 4.91. The number of amides is 1. The Balaban J connectivity index is 1.39. The molecule has 0 aliphatic carbocycles. The lowest BCUT2D eigenvalue weighted by atomic mass is 10.0. The number of likely N-dealkylation sites (N-methyl/N-ethyl adjacent to an activating group) is 1. The van der Waals surface area contributed by atoms with Crippen molar-refractivity contribution in [2.75, 3.05) is 27.7 Å². The summed E-state index contributed by atoms with van der Waals surface area (Å²) >= 11 is 0. The number of hydrogen-bond acceptors (Lipinski definition) is 7. The molecule has 3 N–H and O–H groups in total. The number of H-pyrrole nitrogens is 1. The number of aromatic amines is 1. The number of hydrogen-bond donors (Lipinski definition) is 3. The van der Waals surface area contributed by atoms with E-state index in [1.165, 1.54) is 0 Å². The number of nitrogens with one attached hydrogen (secondary N) is 2. The SMILES string of the molecule is COc1ncccc1-c1ccc(O)c(-c2nc3ccc(C(=O)NCC(c4ccccn4)N(C)C)cc3[nH]2)c1. The number of aromatic nitrogens is 4. The molecule has 3 aromatic heterocycles. The predicted octanol–water partition coefficient (Wildman–Crippen LogP) is 4.43. The molecule has 5 aromatic rings. The highest BCUT2D eigenvalue weighted by atomic mass is 16.5. The van der Waals surface area contributed by atoms with E-state index < -0.39 is 0 Å². The maximum Gasteiger partial charge on any atom is 0.251 e. The molecule has 192 valence electrons. The van der Waals surface area contributed by atoms with Gasteiger partial charge in [-0.1, -0.05) is 12.1 Å². The molecule has 0 bridgehead atoms. The summed E-state index contributed by atoms with van der Waals surface area (Å²) in [5, 5.41) is 13.6. The number of pyridine rings is 2. The summed E-state index contributed by atoms with van der Waals surface area (Å²) in [6.45, 7) is 0.410. The topological polar surface area (TPSA) is 116 Å². The number of imidazole rings is 1. The first-order valence-corrected chi connectivity index (χ1v) is 12.1. The third-order valence-corrected chi connectivity index (χ3v) is 6.38. The van der Waals surface area contributed by atoms with Crippen LogP contribution in [0, 0.1) is 0 Å². The molecule has 38 heavy (non-hydrogen) atoms. The van der Waals surface area contributed by atoms with Crippen molar-refractivity contribution in [2.45, 2.75) is 6.04 Å². The molecule has 0 radical (unpaired) electrons. The number of phenols is 1. The standard InChI is InChI=1S/C29H28N6O3/c1-35(2)25(23-8-4-5-13-30-23)17-32-28(37)19-9-11-22-24(16-19)34-27(33-22)21-15-18(10-12-26(21)36)20-7-6-14-31-29(20)38-3/h4-16,25,36H,17H2,1-3H3,(H,32,37)(H,33,34). The summed E-state index contributed by atoms with van der Waals surface area (Å²) in [6.07, 6.45) is 3.41. The van der Waals surface area contributed by atoms with Crippen LogP contribution in [0.5, 0.6) is 11.6 Å². The molecule has 1 amide bonds. The van der Waals surface area contributed by atoms with Gasteiger partial charge in [-0.05, 0) is 74.3 Å². The van der Waals surface area contributed by atoms with Crippen molar-refractivity contribution in [3.63, 3.8) is 0 Å². The Morgan fingerprint density at radius 1 is 1.03 bits per heavy atom. The first-order valence-electron chi connectivity index (χ1n) is 12.1. The molecule has 1 unspecified atom stereocenters. The molecule has 2 aromatic carbocycles. The number of benzene rings is 2. The molecule has 3 heterocycles. The van der Waals surface area contributed by atoms with Crippen molar-refractivity contribution < 1.29 is 14.6 Å². The fourth-order valence-corrected chi connectivity index (χ4v) is 4.36. The maximum atomic E-state index is 13.0. The largest absolute Gasteiger partial charge is 0.507 e. The summed E-state index contributed by atoms with van der Waals surface area (Å²) in [4.78, 5) is 31.6. The van der Waals surface area contributed by atoms with E-state index in [1.54, 1.807) is 49.8 Å². The van der Waals surface area contributed by atoms with Crippen LogP contribution in [0.2, 0.25) is 0 Å². The highest BCUT2D eigenvalue weighted by Gasteiger charge is 2.18. The molecule has 0 spiro atoms. The average Bonchev–Trinajstić information content (AvgIpc) is 3.37. The van der Waals surface area contributed by atoms with Crippen molar-refractivity contribution in [3.05, 3.63) is 90.4 Å². The highest BCUT2D eigenvalue weighted by molar-refractivity contribution is 5.97. The average molecular weight is 509 g/mol. The van der Waals surface area contributed by atoms with Gasteiger partial charge in [0, 0.05) is 30.1 Å². The highest BCUT2D eigenvalue weighted by Crippen LogP contribution is 2.35. The number of carbonyl (C=O) groups excluding carboxylic acids is 1. The van der Waals surface area contributed by atoms with Gasteiger partial charge >= 0.3 is 0 Å². The lowest BCUT2D eigenvalue weighted by Crippen LogP contribution is -2.35. The first kappa shape index (κ1) is 24.9. The molecule has 9 nitrogen and oxygen atoms in total. The molecule has 1 atom stereocenters. The van der Waals surface area contributed by atoms with Crippen LogP contribution in [0.3, 0.4) is 0 Å². The van der Waals surface area contributed by atoms with E-state index in [0.29, 0.717) is 40.4 Å². The Morgan fingerprint density at radius 2 is 1.87 bits per heavy atom. The Labute approximate surface area is 220 Å². The lowest BCUT2D eigenvalue weighted by Gasteiger charge is -2.24. The minimum Gasteiger partial charge on any atom is -0.507 e. The number of ether oxygens (including phenoxy) is 1. The number of aromatic hydroxyl groups is 1. The van der Waals surface area contributed by atoms with Crippen molar-refractivity contribution in [1.29, 1.82) is 0 Å². The second-order valence-corrected chi connectivity index (χ2v) is 9.05. The van der Waals surface area contributed by atoms with Gasteiger partial charge in [0.2, 0.25) is 5.88 Å². The van der Waals surface area contributed by atoms with Crippen molar-refractivity contribution in [2.24, 2.45) is 0 Å². The van der Waals surface area contributed by atoms with Crippen molar-refractivity contribution in [1.82, 2.24) is 30.2 Å². The fraction of sp³-hybridized carbons (Fsp3) is 0.172. The third kappa shape index (κ3) is 5.05. The van der Waals surface area contributed by atoms with Gasteiger partial charge in [0.25, 0.3) is 5.91 Å². The van der Waals surface area contributed by atoms with Gasteiger partial charge in [-0.3, -0.25) is 14.7 Å². The van der Waals surface area contributed by atoms with E-state index >= 15 is 0 Å². The minimum absolute atomic E-state index is 0.0590. The van der Waals surface area contributed by atoms with Crippen molar-refractivity contribution in [3.8, 4) is 34.1 Å². The zero-order valence-corrected chi connectivity index (χ0v) is 21.3. The van der Waals surface area contributed by atoms with E-state index in [4.69, 9.17) is 4.74 Å². The molecular formula is C29H28N6O3. The number of rotatable bonds is 8. The minimum atomic E-state index is -0.195. The van der Waals surface area contributed by atoms with Crippen LogP contribution in [-0.2, 0) is 0 Å². The van der Waals surface area contributed by atoms with Gasteiger partial charge in [0.15, 0.2) is 0 Å². The molecule has 0 saturated carbocycles. The first-order chi connectivity index (χ1) is 18.4. The van der Waals surface area contributed by atoms with Gasteiger partial charge in [-0.15, -0.1) is 0 Å². The number of carbonyl (C=O) groups is 1. The summed E-state index contributed by atoms with van der Waals surface area (Å²) in [5.74, 6) is 0.865. The molecule has 0 fully saturated rings. The predicted molar refractivity (Wildman–Crippen MR) is 146 cm³/mol. The molecule has 0 aliphatic rings. The van der Waals surface area contributed by atoms with Crippen LogP contribution in [0.1, 0.15) is 22.1 Å². The monoisotopic (exact) mass is 508 g/mol. The van der Waals surface area contributed by atoms with Crippen LogP contribution in [-0.4, -0.2) is 63.6 Å². The molecule has 0 aliphatic heterocycles. The lowest BCUT2D eigenvalue weighted by molar-refractivity contribution is 0.0941. The number of nitrogens with zero attached hydrogens (tertiary/aromatic N) is 4. The fourth-order valence-electron chi connectivity index (χ4n) is 4.36. The number of methoxy groups -OCH3 is 1. The summed E-state index contributed by atoms with van der Waals surface area (Å²) < 4.78 is 5.39. The zero-order valence-electron chi connectivity index (χ0n) is 21.3. The van der Waals surface area contributed by atoms with E-state index in [-0.39, 0.29) is 17.7 Å². The quantitative estimate of drug-likeness (QED) is 0.284. The molecular weight excluding hydrogens is 480 g/mol. The van der Waals surface area contributed by atoms with Gasteiger partial charge in [-0.2, -0.15) is 0 Å². The summed E-state index contributed by atoms with van der Waals surface area (Å²) in [6, 6.07) is 20.0. The normalized spacial score (nSPS) is 12.0. The van der Waals surface area contributed by atoms with Crippen LogP contribution >= 0.6 is 0 Å². The van der Waals surface area contributed by atoms with E-state index in [0.717, 1.165) is 16.8 Å². The Kier molecular flexibility index (Phi) is 7.01. The smallest absolute Gasteiger partial charge is 0.251 e. The number of phenolic OH excluding ortho intramolecular Hbond substituents is 1. The van der Waals surface area contributed by atoms with Crippen LogP contribution in [0.25, 0.3) is 33.5 Å². The number of fused-ring (bicyclic) bond motifs is 1. The Bertz CT molecular complexity index is 1580. The maximum absolute atomic E-state index is 13.0. The zero-order chi connectivity index (χ0) is 26.6.